The number of anilines is 1. The summed E-state index contributed by atoms with van der Waals surface area (Å²) in [5.41, 5.74) is 0.728. The van der Waals surface area contributed by atoms with E-state index in [-0.39, 0.29) is 5.78 Å². The predicted molar refractivity (Wildman–Crippen MR) is 78.7 cm³/mol. The van der Waals surface area contributed by atoms with E-state index >= 15 is 0 Å². The van der Waals surface area contributed by atoms with Crippen LogP contribution < -0.4 is 5.32 Å². The second-order valence-corrected chi connectivity index (χ2v) is 5.58. The number of nitrogens with one attached hydrogen (secondary N) is 1. The highest BCUT2D eigenvalue weighted by Crippen LogP contribution is 2.19. The van der Waals surface area contributed by atoms with Crippen LogP contribution in [0.2, 0.25) is 0 Å². The molecule has 0 saturated heterocycles. The molecule has 102 valence electrons. The minimum Gasteiger partial charge on any atom is -0.387 e. The van der Waals surface area contributed by atoms with Gasteiger partial charge in [0.2, 0.25) is 0 Å². The molecular weight excluding hydrogens is 260 g/mol. The highest BCUT2D eigenvalue weighted by molar-refractivity contribution is 7.98. The number of nitriles is 1. The Morgan fingerprint density at radius 3 is 2.79 bits per heavy atom. The van der Waals surface area contributed by atoms with Crippen LogP contribution in [0.25, 0.3) is 0 Å². The summed E-state index contributed by atoms with van der Waals surface area (Å²) in [4.78, 5) is 11.3. The number of carbonyl (C=O) groups excluding carboxylic acids is 1. The monoisotopic (exact) mass is 278 g/mol. The van der Waals surface area contributed by atoms with Crippen molar-refractivity contribution < 1.29 is 9.90 Å². The van der Waals surface area contributed by atoms with Gasteiger partial charge < -0.3 is 10.4 Å². The van der Waals surface area contributed by atoms with Gasteiger partial charge in [0.1, 0.15) is 6.07 Å². The highest BCUT2D eigenvalue weighted by atomic mass is 32.2. The molecule has 0 spiro atoms. The Morgan fingerprint density at radius 2 is 2.26 bits per heavy atom. The molecule has 0 bridgehead atoms. The maximum Gasteiger partial charge on any atom is 0.159 e. The molecule has 2 N–H and O–H groups in total. The Morgan fingerprint density at radius 1 is 1.58 bits per heavy atom. The number of ketones is 1. The Bertz CT molecular complexity index is 507. The molecule has 1 aromatic rings. The topological polar surface area (TPSA) is 73.1 Å². The molecule has 4 nitrogen and oxygen atoms in total. The molecule has 0 radical (unpaired) electrons. The molecular formula is C14H18N2O2S. The zero-order valence-corrected chi connectivity index (χ0v) is 12.2. The van der Waals surface area contributed by atoms with Crippen molar-refractivity contribution in [2.45, 2.75) is 19.4 Å². The standard InChI is InChI=1S/C14H18N2O2S/c1-10(17)11-4-5-12(7-15)13(6-11)16-8-14(2,18)9-19-3/h4-6,16,18H,8-9H2,1-3H3. The molecule has 0 amide bonds. The van der Waals surface area contributed by atoms with Gasteiger partial charge in [-0.3, -0.25) is 4.79 Å². The number of nitrogens with zero attached hydrogens (tertiary/aromatic N) is 1. The number of rotatable bonds is 6. The summed E-state index contributed by atoms with van der Waals surface area (Å²) < 4.78 is 0. The molecule has 1 rings (SSSR count). The van der Waals surface area contributed by atoms with Crippen LogP contribution in [0.15, 0.2) is 18.2 Å². The van der Waals surface area contributed by atoms with Gasteiger partial charge in [0, 0.05) is 17.9 Å². The Kier molecular flexibility index (Phi) is 5.40. The van der Waals surface area contributed by atoms with Crippen molar-refractivity contribution in [3.63, 3.8) is 0 Å². The summed E-state index contributed by atoms with van der Waals surface area (Å²) in [6, 6.07) is 6.96. The fourth-order valence-corrected chi connectivity index (χ4v) is 2.38. The molecule has 0 heterocycles. The van der Waals surface area contributed by atoms with Gasteiger partial charge >= 0.3 is 0 Å². The minimum atomic E-state index is -0.863. The number of aliphatic hydroxyl groups is 1. The molecule has 0 fully saturated rings. The Balaban J connectivity index is 2.90. The van der Waals surface area contributed by atoms with E-state index in [9.17, 15) is 9.90 Å². The van der Waals surface area contributed by atoms with Crippen LogP contribution in [0.4, 0.5) is 5.69 Å². The third-order valence-electron chi connectivity index (χ3n) is 2.66. The van der Waals surface area contributed by atoms with Crippen LogP contribution in [0.5, 0.6) is 0 Å². The molecule has 0 aromatic heterocycles. The molecule has 0 aliphatic carbocycles. The first-order valence-electron chi connectivity index (χ1n) is 5.90. The van der Waals surface area contributed by atoms with Gasteiger partial charge in [-0.1, -0.05) is 0 Å². The Labute approximate surface area is 117 Å². The average Bonchev–Trinajstić information content (AvgIpc) is 2.36. The maximum absolute atomic E-state index is 11.3. The molecule has 0 saturated carbocycles. The molecule has 0 aliphatic heterocycles. The molecule has 1 atom stereocenters. The first-order chi connectivity index (χ1) is 8.89. The minimum absolute atomic E-state index is 0.0524. The van der Waals surface area contributed by atoms with Crippen molar-refractivity contribution in [3.8, 4) is 6.07 Å². The zero-order valence-electron chi connectivity index (χ0n) is 11.4. The van der Waals surface area contributed by atoms with E-state index < -0.39 is 5.60 Å². The van der Waals surface area contributed by atoms with Gasteiger partial charge in [-0.2, -0.15) is 17.0 Å². The van der Waals surface area contributed by atoms with Crippen molar-refractivity contribution >= 4 is 23.2 Å². The molecule has 19 heavy (non-hydrogen) atoms. The largest absolute Gasteiger partial charge is 0.387 e. The van der Waals surface area contributed by atoms with E-state index in [0.29, 0.717) is 29.1 Å². The van der Waals surface area contributed by atoms with Crippen molar-refractivity contribution in [2.24, 2.45) is 0 Å². The summed E-state index contributed by atoms with van der Waals surface area (Å²) >= 11 is 1.55. The van der Waals surface area contributed by atoms with Crippen molar-refractivity contribution in [3.05, 3.63) is 29.3 Å². The Hall–Kier alpha value is -1.51. The van der Waals surface area contributed by atoms with Gasteiger partial charge in [0.25, 0.3) is 0 Å². The van der Waals surface area contributed by atoms with Crippen LogP contribution >= 0.6 is 11.8 Å². The van der Waals surface area contributed by atoms with Crippen LogP contribution in [0.1, 0.15) is 29.8 Å². The number of benzene rings is 1. The number of carbonyl (C=O) groups is 1. The summed E-state index contributed by atoms with van der Waals surface area (Å²) in [5, 5.41) is 22.2. The summed E-state index contributed by atoms with van der Waals surface area (Å²) in [6.07, 6.45) is 1.92. The summed E-state index contributed by atoms with van der Waals surface area (Å²) in [5.74, 6) is 0.539. The maximum atomic E-state index is 11.3. The third kappa shape index (κ3) is 4.58. The zero-order chi connectivity index (χ0) is 14.5. The SMILES string of the molecule is CSCC(C)(O)CNc1cc(C(C)=O)ccc1C#N. The number of Topliss-reactive ketones (excluding diaryl/α,β-unsaturated/α-hetero) is 1. The van der Waals surface area contributed by atoms with E-state index in [1.54, 1.807) is 36.9 Å². The van der Waals surface area contributed by atoms with Gasteiger partial charge in [-0.05, 0) is 38.3 Å². The lowest BCUT2D eigenvalue weighted by molar-refractivity contribution is 0.0996. The quantitative estimate of drug-likeness (QED) is 0.781. The van der Waals surface area contributed by atoms with Gasteiger partial charge in [0.05, 0.1) is 16.9 Å². The van der Waals surface area contributed by atoms with Crippen LogP contribution in [0, 0.1) is 11.3 Å². The number of thioether (sulfide) groups is 1. The van der Waals surface area contributed by atoms with Crippen molar-refractivity contribution in [1.82, 2.24) is 0 Å². The van der Waals surface area contributed by atoms with Crippen LogP contribution in [-0.2, 0) is 0 Å². The van der Waals surface area contributed by atoms with Crippen molar-refractivity contribution in [2.75, 3.05) is 23.9 Å². The van der Waals surface area contributed by atoms with Crippen LogP contribution in [-0.4, -0.2) is 35.0 Å². The van der Waals surface area contributed by atoms with E-state index in [0.717, 1.165) is 0 Å². The summed E-state index contributed by atoms with van der Waals surface area (Å²) in [7, 11) is 0. The smallest absolute Gasteiger partial charge is 0.159 e. The van der Waals surface area contributed by atoms with Gasteiger partial charge in [0.15, 0.2) is 5.78 Å². The number of hydrogen-bond donors (Lipinski definition) is 2. The first-order valence-corrected chi connectivity index (χ1v) is 7.29. The lowest BCUT2D eigenvalue weighted by Gasteiger charge is -2.23. The van der Waals surface area contributed by atoms with E-state index in [1.165, 1.54) is 6.92 Å². The van der Waals surface area contributed by atoms with Gasteiger partial charge in [-0.25, -0.2) is 0 Å². The van der Waals surface area contributed by atoms with E-state index in [4.69, 9.17) is 5.26 Å². The molecule has 5 heteroatoms. The highest BCUT2D eigenvalue weighted by Gasteiger charge is 2.19. The second-order valence-electron chi connectivity index (χ2n) is 4.71. The van der Waals surface area contributed by atoms with Crippen molar-refractivity contribution in [1.29, 1.82) is 5.26 Å². The fourth-order valence-electron chi connectivity index (χ4n) is 1.65. The van der Waals surface area contributed by atoms with Gasteiger partial charge in [-0.15, -0.1) is 0 Å². The normalized spacial score (nSPS) is 13.4. The summed E-state index contributed by atoms with van der Waals surface area (Å²) in [6.45, 7) is 3.54. The average molecular weight is 278 g/mol. The number of hydrogen-bond acceptors (Lipinski definition) is 5. The predicted octanol–water partition coefficient (Wildman–Crippen LogP) is 2.29. The second kappa shape index (κ2) is 6.60. The first kappa shape index (κ1) is 15.5. The van der Waals surface area contributed by atoms with E-state index in [1.807, 2.05) is 6.26 Å². The lowest BCUT2D eigenvalue weighted by atomic mass is 10.1. The molecule has 1 aromatic carbocycles. The third-order valence-corrected chi connectivity index (χ3v) is 3.57. The molecule has 1 unspecified atom stereocenters. The fraction of sp³-hybridized carbons (Fsp3) is 0.429. The van der Waals surface area contributed by atoms with E-state index in [2.05, 4.69) is 11.4 Å². The lowest BCUT2D eigenvalue weighted by Crippen LogP contribution is -2.36. The van der Waals surface area contributed by atoms with Crippen LogP contribution in [0.3, 0.4) is 0 Å². The molecule has 0 aliphatic rings.